The van der Waals surface area contributed by atoms with Crippen molar-refractivity contribution in [2.45, 2.75) is 32.4 Å². The van der Waals surface area contributed by atoms with Gasteiger partial charge < -0.3 is 11.1 Å². The Hall–Kier alpha value is -1.68. The fourth-order valence-corrected chi connectivity index (χ4v) is 1.89. The molecule has 17 heavy (non-hydrogen) atoms. The van der Waals surface area contributed by atoms with Crippen molar-refractivity contribution in [1.82, 2.24) is 0 Å². The van der Waals surface area contributed by atoms with Gasteiger partial charge in [-0.25, -0.2) is 0 Å². The number of aliphatic imine (C=N–C) groups is 1. The first-order valence-electron chi connectivity index (χ1n) is 5.95. The number of amides is 1. The van der Waals surface area contributed by atoms with Crippen LogP contribution in [0.4, 0.5) is 5.69 Å². The average molecular weight is 231 g/mol. The second kappa shape index (κ2) is 5.10. The molecule has 0 radical (unpaired) electrons. The topological polar surface area (TPSA) is 67.5 Å². The maximum atomic E-state index is 11.7. The highest BCUT2D eigenvalue weighted by atomic mass is 16.2. The zero-order valence-electron chi connectivity index (χ0n) is 9.94. The molecule has 3 N–H and O–H groups in total. The number of benzodiazepines with no additional fused rings is 1. The minimum absolute atomic E-state index is 0.246. The maximum absolute atomic E-state index is 11.7. The summed E-state index contributed by atoms with van der Waals surface area (Å²) in [5, 5.41) is 2.80. The molecule has 0 aromatic heterocycles. The van der Waals surface area contributed by atoms with Crippen molar-refractivity contribution in [2.75, 3.05) is 5.32 Å². The van der Waals surface area contributed by atoms with Crippen molar-refractivity contribution >= 4 is 17.3 Å². The van der Waals surface area contributed by atoms with Crippen molar-refractivity contribution < 1.29 is 4.79 Å². The van der Waals surface area contributed by atoms with Crippen LogP contribution >= 0.6 is 0 Å². The summed E-state index contributed by atoms with van der Waals surface area (Å²) in [5.74, 6) is -0.246. The third-order valence-electron chi connectivity index (χ3n) is 2.83. The number of nitrogens with one attached hydrogen (secondary N) is 1. The molecule has 0 bridgehead atoms. The summed E-state index contributed by atoms with van der Waals surface area (Å²) in [7, 11) is 0. The number of fused-ring (bicyclic) bond motifs is 1. The molecule has 0 aliphatic carbocycles. The van der Waals surface area contributed by atoms with Crippen LogP contribution in [0.1, 0.15) is 31.7 Å². The summed E-state index contributed by atoms with van der Waals surface area (Å²) in [5.41, 5.74) is 8.44. The van der Waals surface area contributed by atoms with Crippen molar-refractivity contribution in [3.05, 3.63) is 29.8 Å². The summed E-state index contributed by atoms with van der Waals surface area (Å²) >= 11 is 0. The van der Waals surface area contributed by atoms with Gasteiger partial charge in [-0.3, -0.25) is 9.79 Å². The molecular weight excluding hydrogens is 214 g/mol. The first-order chi connectivity index (χ1) is 8.22. The Morgan fingerprint density at radius 1 is 1.41 bits per heavy atom. The number of anilines is 1. The third-order valence-corrected chi connectivity index (χ3v) is 2.83. The Morgan fingerprint density at radius 2 is 2.18 bits per heavy atom. The lowest BCUT2D eigenvalue weighted by atomic mass is 10.0. The fourth-order valence-electron chi connectivity index (χ4n) is 1.89. The summed E-state index contributed by atoms with van der Waals surface area (Å²) < 4.78 is 0. The molecule has 1 atom stereocenters. The van der Waals surface area contributed by atoms with Gasteiger partial charge in [0.25, 0.3) is 5.91 Å². The normalized spacial score (nSPS) is 19.1. The van der Waals surface area contributed by atoms with Gasteiger partial charge in [-0.05, 0) is 18.9 Å². The summed E-state index contributed by atoms with van der Waals surface area (Å²) in [6, 6.07) is 7.70. The van der Waals surface area contributed by atoms with Crippen molar-refractivity contribution in [1.29, 1.82) is 0 Å². The largest absolute Gasteiger partial charge is 0.322 e. The fraction of sp³-hybridized carbons (Fsp3) is 0.385. The van der Waals surface area contributed by atoms with Gasteiger partial charge >= 0.3 is 0 Å². The van der Waals surface area contributed by atoms with E-state index in [1.54, 1.807) is 0 Å². The lowest BCUT2D eigenvalue weighted by Gasteiger charge is -2.08. The molecule has 1 amide bonds. The minimum Gasteiger partial charge on any atom is -0.322 e. The predicted octanol–water partition coefficient (Wildman–Crippen LogP) is 1.90. The molecule has 1 aliphatic heterocycles. The van der Waals surface area contributed by atoms with E-state index in [9.17, 15) is 4.79 Å². The second-order valence-corrected chi connectivity index (χ2v) is 4.16. The van der Waals surface area contributed by atoms with Gasteiger partial charge in [-0.15, -0.1) is 0 Å². The molecule has 1 unspecified atom stereocenters. The molecule has 1 heterocycles. The van der Waals surface area contributed by atoms with Crippen LogP contribution in [0, 0.1) is 0 Å². The minimum atomic E-state index is -0.797. The SMILES string of the molecule is CCCCC1=NC(N)C(=O)Nc2ccccc21. The van der Waals surface area contributed by atoms with Crippen molar-refractivity contribution in [2.24, 2.45) is 10.7 Å². The molecule has 0 saturated heterocycles. The van der Waals surface area contributed by atoms with Crippen LogP contribution in [0.25, 0.3) is 0 Å². The molecule has 0 saturated carbocycles. The van der Waals surface area contributed by atoms with E-state index in [1.807, 2.05) is 24.3 Å². The van der Waals surface area contributed by atoms with Crippen LogP contribution in [-0.4, -0.2) is 17.8 Å². The number of para-hydroxylation sites is 1. The molecule has 0 fully saturated rings. The molecule has 2 rings (SSSR count). The van der Waals surface area contributed by atoms with Crippen LogP contribution in [0.5, 0.6) is 0 Å². The van der Waals surface area contributed by atoms with Crippen molar-refractivity contribution in [3.63, 3.8) is 0 Å². The monoisotopic (exact) mass is 231 g/mol. The van der Waals surface area contributed by atoms with E-state index in [1.165, 1.54) is 0 Å². The smallest absolute Gasteiger partial charge is 0.263 e. The van der Waals surface area contributed by atoms with Crippen LogP contribution in [-0.2, 0) is 4.79 Å². The number of hydrogen-bond acceptors (Lipinski definition) is 3. The lowest BCUT2D eigenvalue weighted by molar-refractivity contribution is -0.117. The number of carbonyl (C=O) groups is 1. The van der Waals surface area contributed by atoms with Gasteiger partial charge in [0.2, 0.25) is 0 Å². The number of hydrogen-bond donors (Lipinski definition) is 2. The molecular formula is C13H17N3O. The summed E-state index contributed by atoms with van der Waals surface area (Å²) in [4.78, 5) is 16.0. The highest BCUT2D eigenvalue weighted by Gasteiger charge is 2.21. The standard InChI is InChI=1S/C13H17N3O/c1-2-3-7-10-9-6-4-5-8-11(9)16-13(17)12(14)15-10/h4-6,8,12H,2-3,7,14H2,1H3,(H,16,17). The zero-order chi connectivity index (χ0) is 12.3. The second-order valence-electron chi connectivity index (χ2n) is 4.16. The number of unbranched alkanes of at least 4 members (excludes halogenated alkanes) is 1. The molecule has 1 aliphatic rings. The Bertz CT molecular complexity index is 454. The van der Waals surface area contributed by atoms with Crippen LogP contribution < -0.4 is 11.1 Å². The van der Waals surface area contributed by atoms with E-state index in [4.69, 9.17) is 5.73 Å². The quantitative estimate of drug-likeness (QED) is 0.834. The molecule has 1 aromatic rings. The van der Waals surface area contributed by atoms with E-state index < -0.39 is 6.17 Å². The Balaban J connectivity index is 2.39. The highest BCUT2D eigenvalue weighted by molar-refractivity contribution is 6.11. The number of benzene rings is 1. The zero-order valence-corrected chi connectivity index (χ0v) is 9.94. The van der Waals surface area contributed by atoms with Crippen molar-refractivity contribution in [3.8, 4) is 0 Å². The highest BCUT2D eigenvalue weighted by Crippen LogP contribution is 2.21. The molecule has 1 aromatic carbocycles. The van der Waals surface area contributed by atoms with Crippen LogP contribution in [0.15, 0.2) is 29.3 Å². The first-order valence-corrected chi connectivity index (χ1v) is 5.95. The lowest BCUT2D eigenvalue weighted by Crippen LogP contribution is -2.33. The number of carbonyl (C=O) groups excluding carboxylic acids is 1. The van der Waals surface area contributed by atoms with Gasteiger partial charge in [0.05, 0.1) is 0 Å². The van der Waals surface area contributed by atoms with E-state index in [0.29, 0.717) is 0 Å². The number of nitrogens with zero attached hydrogens (tertiary/aromatic N) is 1. The molecule has 4 heteroatoms. The number of rotatable bonds is 3. The van der Waals surface area contributed by atoms with E-state index in [2.05, 4.69) is 17.2 Å². The van der Waals surface area contributed by atoms with E-state index in [0.717, 1.165) is 36.2 Å². The van der Waals surface area contributed by atoms with Crippen LogP contribution in [0.3, 0.4) is 0 Å². The Morgan fingerprint density at radius 3 is 2.94 bits per heavy atom. The van der Waals surface area contributed by atoms with Gasteiger partial charge in [0, 0.05) is 17.0 Å². The first kappa shape index (κ1) is 11.8. The summed E-state index contributed by atoms with van der Waals surface area (Å²) in [6.45, 7) is 2.13. The molecule has 0 spiro atoms. The van der Waals surface area contributed by atoms with Gasteiger partial charge in [0.1, 0.15) is 0 Å². The average Bonchev–Trinajstić information content (AvgIpc) is 2.45. The predicted molar refractivity (Wildman–Crippen MR) is 69.1 cm³/mol. The Labute approximate surface area is 101 Å². The summed E-state index contributed by atoms with van der Waals surface area (Å²) in [6.07, 6.45) is 2.21. The third kappa shape index (κ3) is 2.53. The Kier molecular flexibility index (Phi) is 3.54. The maximum Gasteiger partial charge on any atom is 0.263 e. The molecule has 4 nitrogen and oxygen atoms in total. The van der Waals surface area contributed by atoms with Gasteiger partial charge in [-0.1, -0.05) is 31.5 Å². The van der Waals surface area contributed by atoms with Gasteiger partial charge in [-0.2, -0.15) is 0 Å². The molecule has 90 valence electrons. The van der Waals surface area contributed by atoms with Crippen LogP contribution in [0.2, 0.25) is 0 Å². The van der Waals surface area contributed by atoms with E-state index in [-0.39, 0.29) is 5.91 Å². The van der Waals surface area contributed by atoms with E-state index >= 15 is 0 Å². The number of nitrogens with two attached hydrogens (primary N) is 1. The van der Waals surface area contributed by atoms with Gasteiger partial charge in [0.15, 0.2) is 6.17 Å².